The molecule has 5 heteroatoms. The SMILES string of the molecule is CCCCCCCCCCCCc1ccccc1[O-].O=C([O-])O.[Ba+2]. The van der Waals surface area contributed by atoms with E-state index in [1.165, 1.54) is 57.8 Å². The molecule has 0 saturated carbocycles. The summed E-state index contributed by atoms with van der Waals surface area (Å²) in [6, 6.07) is 7.43. The first-order chi connectivity index (χ1) is 11.1. The molecule has 0 heterocycles. The predicted molar refractivity (Wildman–Crippen MR) is 95.2 cm³/mol. The van der Waals surface area contributed by atoms with E-state index in [4.69, 9.17) is 15.0 Å². The molecule has 0 amide bonds. The fourth-order valence-electron chi connectivity index (χ4n) is 2.51. The van der Waals surface area contributed by atoms with Crippen molar-refractivity contribution in [1.82, 2.24) is 0 Å². The number of rotatable bonds is 11. The Balaban J connectivity index is 0. The second-order valence-electron chi connectivity index (χ2n) is 5.81. The van der Waals surface area contributed by atoms with Crippen LogP contribution in [0.15, 0.2) is 24.3 Å². The van der Waals surface area contributed by atoms with Crippen LogP contribution < -0.4 is 10.2 Å². The van der Waals surface area contributed by atoms with Gasteiger partial charge in [-0.15, -0.1) is 5.75 Å². The zero-order valence-corrected chi connectivity index (χ0v) is 19.4. The van der Waals surface area contributed by atoms with Gasteiger partial charge in [-0.3, -0.25) is 0 Å². The van der Waals surface area contributed by atoms with E-state index in [1.807, 2.05) is 18.2 Å². The predicted octanol–water partition coefficient (Wildman–Crippen LogP) is 3.73. The molecule has 1 aromatic rings. The van der Waals surface area contributed by atoms with Gasteiger partial charge in [-0.1, -0.05) is 94.5 Å². The smallest absolute Gasteiger partial charge is 0.872 e. The molecule has 1 N–H and O–H groups in total. The summed E-state index contributed by atoms with van der Waals surface area (Å²) in [6.07, 6.45) is 12.4. The zero-order chi connectivity index (χ0) is 17.3. The van der Waals surface area contributed by atoms with Crippen molar-refractivity contribution in [2.75, 3.05) is 0 Å². The Kier molecular flexibility index (Phi) is 20.9. The zero-order valence-electron chi connectivity index (χ0n) is 15.0. The van der Waals surface area contributed by atoms with Crippen LogP contribution in [0.25, 0.3) is 0 Å². The molecule has 1 rings (SSSR count). The summed E-state index contributed by atoms with van der Waals surface area (Å²) in [6.45, 7) is 2.26. The van der Waals surface area contributed by atoms with Gasteiger partial charge in [0.05, 0.1) is 0 Å². The number of hydrogen-bond donors (Lipinski definition) is 1. The van der Waals surface area contributed by atoms with Gasteiger partial charge in [-0.05, 0) is 12.8 Å². The van der Waals surface area contributed by atoms with Crippen molar-refractivity contribution < 1.29 is 20.1 Å². The summed E-state index contributed by atoms with van der Waals surface area (Å²) in [5.74, 6) is 0.207. The number of carboxylic acid groups (broad SMARTS) is 2. The molecule has 0 saturated heterocycles. The van der Waals surface area contributed by atoms with Gasteiger partial charge in [0.15, 0.2) is 0 Å². The third-order valence-corrected chi connectivity index (χ3v) is 3.77. The van der Waals surface area contributed by atoms with Crippen molar-refractivity contribution in [2.45, 2.75) is 77.6 Å². The fourth-order valence-corrected chi connectivity index (χ4v) is 2.51. The molecule has 0 aromatic heterocycles. The molecular formula is C19H30BaO4. The van der Waals surface area contributed by atoms with Crippen LogP contribution in [-0.4, -0.2) is 60.1 Å². The van der Waals surface area contributed by atoms with Crippen molar-refractivity contribution in [1.29, 1.82) is 0 Å². The third kappa shape index (κ3) is 18.2. The van der Waals surface area contributed by atoms with Crippen molar-refractivity contribution in [3.05, 3.63) is 29.8 Å². The van der Waals surface area contributed by atoms with Gasteiger partial charge < -0.3 is 20.1 Å². The van der Waals surface area contributed by atoms with Crippen LogP contribution in [0.1, 0.15) is 76.7 Å². The van der Waals surface area contributed by atoms with Gasteiger partial charge in [-0.2, -0.15) is 0 Å². The molecule has 0 atom stereocenters. The van der Waals surface area contributed by atoms with E-state index in [-0.39, 0.29) is 54.6 Å². The van der Waals surface area contributed by atoms with E-state index in [0.29, 0.717) is 0 Å². The minimum Gasteiger partial charge on any atom is -0.872 e. The van der Waals surface area contributed by atoms with Crippen LogP contribution in [0.2, 0.25) is 0 Å². The summed E-state index contributed by atoms with van der Waals surface area (Å²) in [5, 5.41) is 26.8. The van der Waals surface area contributed by atoms with Crippen LogP contribution in [-0.2, 0) is 6.42 Å². The first-order valence-corrected chi connectivity index (χ1v) is 8.72. The molecule has 0 fully saturated rings. The van der Waals surface area contributed by atoms with E-state index >= 15 is 0 Å². The summed E-state index contributed by atoms with van der Waals surface area (Å²) in [5.41, 5.74) is 0.988. The van der Waals surface area contributed by atoms with Gasteiger partial charge in [0, 0.05) is 0 Å². The van der Waals surface area contributed by atoms with Crippen LogP contribution in [0.3, 0.4) is 0 Å². The van der Waals surface area contributed by atoms with E-state index in [9.17, 15) is 5.11 Å². The maximum atomic E-state index is 11.5. The minimum atomic E-state index is -2.08. The second kappa shape index (κ2) is 19.2. The van der Waals surface area contributed by atoms with Gasteiger partial charge in [-0.25, -0.2) is 0 Å². The van der Waals surface area contributed by atoms with E-state index in [2.05, 4.69) is 6.92 Å². The Morgan fingerprint density at radius 2 is 1.33 bits per heavy atom. The summed E-state index contributed by atoms with van der Waals surface area (Å²) >= 11 is 0. The van der Waals surface area contributed by atoms with Crippen LogP contribution in [0.4, 0.5) is 4.79 Å². The molecule has 0 aliphatic heterocycles. The Bertz CT molecular complexity index is 406. The van der Waals surface area contributed by atoms with Crippen LogP contribution >= 0.6 is 0 Å². The summed E-state index contributed by atoms with van der Waals surface area (Å²) in [4.78, 5) is 8.44. The largest absolute Gasteiger partial charge is 2.00 e. The summed E-state index contributed by atoms with van der Waals surface area (Å²) < 4.78 is 0. The number of hydrogen-bond acceptors (Lipinski definition) is 3. The molecule has 0 spiro atoms. The molecule has 0 radical (unpaired) electrons. The molecule has 0 aliphatic carbocycles. The molecule has 1 aromatic carbocycles. The van der Waals surface area contributed by atoms with Gasteiger partial charge in [0.1, 0.15) is 0 Å². The molecular weight excluding hydrogens is 430 g/mol. The minimum absolute atomic E-state index is 0. The van der Waals surface area contributed by atoms with Crippen molar-refractivity contribution >= 4 is 55.0 Å². The second-order valence-corrected chi connectivity index (χ2v) is 5.81. The quantitative estimate of drug-likeness (QED) is 0.404. The number of aryl methyl sites for hydroxylation is 1. The van der Waals surface area contributed by atoms with Gasteiger partial charge >= 0.3 is 48.9 Å². The average molecular weight is 460 g/mol. The van der Waals surface area contributed by atoms with Gasteiger partial charge in [0.25, 0.3) is 0 Å². The Labute approximate surface area is 186 Å². The number of benzene rings is 1. The van der Waals surface area contributed by atoms with Crippen LogP contribution in [0, 0.1) is 0 Å². The first kappa shape index (κ1) is 26.1. The van der Waals surface area contributed by atoms with Crippen LogP contribution in [0.5, 0.6) is 5.75 Å². The van der Waals surface area contributed by atoms with E-state index < -0.39 is 6.16 Å². The van der Waals surface area contributed by atoms with Gasteiger partial charge in [0.2, 0.25) is 6.16 Å². The van der Waals surface area contributed by atoms with Crippen molar-refractivity contribution in [2.24, 2.45) is 0 Å². The fraction of sp³-hybridized carbons (Fsp3) is 0.632. The van der Waals surface area contributed by atoms with E-state index in [1.54, 1.807) is 6.07 Å². The molecule has 0 aliphatic rings. The number of unbranched alkanes of at least 4 members (excludes halogenated alkanes) is 9. The maximum absolute atomic E-state index is 11.5. The normalized spacial score (nSPS) is 9.54. The number of carbonyl (C=O) groups is 1. The molecule has 4 nitrogen and oxygen atoms in total. The standard InChI is InChI=1S/C18H30O.CH2O3.Ba/c1-2-3-4-5-6-7-8-9-10-11-14-17-15-12-13-16-18(17)19;2-1(3)4;/h12-13,15-16,19H,2-11,14H2,1H3;(H2,2,3,4);/q;;+2/p-2. The molecule has 0 bridgehead atoms. The van der Waals surface area contributed by atoms with Crippen molar-refractivity contribution in [3.63, 3.8) is 0 Å². The average Bonchev–Trinajstić information content (AvgIpc) is 2.50. The Morgan fingerprint density at radius 3 is 1.79 bits per heavy atom. The van der Waals surface area contributed by atoms with Crippen molar-refractivity contribution in [3.8, 4) is 5.75 Å². The molecule has 0 unspecified atom stereocenters. The third-order valence-electron chi connectivity index (χ3n) is 3.77. The maximum Gasteiger partial charge on any atom is 2.00 e. The Morgan fingerprint density at radius 1 is 0.917 bits per heavy atom. The molecule has 132 valence electrons. The molecule has 24 heavy (non-hydrogen) atoms. The monoisotopic (exact) mass is 460 g/mol. The summed E-state index contributed by atoms with van der Waals surface area (Å²) in [7, 11) is 0. The number of para-hydroxylation sites is 1. The Hall–Kier alpha value is -0.139. The van der Waals surface area contributed by atoms with E-state index in [0.717, 1.165) is 18.4 Å². The topological polar surface area (TPSA) is 83.4 Å². The first-order valence-electron chi connectivity index (χ1n) is 8.72.